The van der Waals surface area contributed by atoms with Crippen molar-refractivity contribution in [1.29, 1.82) is 0 Å². The first kappa shape index (κ1) is 16.8. The predicted octanol–water partition coefficient (Wildman–Crippen LogP) is 3.04. The van der Waals surface area contributed by atoms with Crippen LogP contribution in [-0.2, 0) is 4.74 Å². The van der Waals surface area contributed by atoms with Crippen molar-refractivity contribution in [3.63, 3.8) is 0 Å². The molecule has 0 spiro atoms. The van der Waals surface area contributed by atoms with Gasteiger partial charge in [-0.3, -0.25) is 0 Å². The van der Waals surface area contributed by atoms with Gasteiger partial charge in [0.05, 0.1) is 11.3 Å². The van der Waals surface area contributed by atoms with Crippen LogP contribution in [-0.4, -0.2) is 38.4 Å². The Hall–Kier alpha value is -3.06. The Morgan fingerprint density at radius 2 is 1.92 bits per heavy atom. The van der Waals surface area contributed by atoms with Gasteiger partial charge < -0.3 is 9.84 Å². The molecule has 1 atom stereocenters. The van der Waals surface area contributed by atoms with E-state index in [1.165, 1.54) is 4.68 Å². The molecule has 128 valence electrons. The van der Waals surface area contributed by atoms with Crippen LogP contribution >= 0.6 is 0 Å². The monoisotopic (exact) mass is 338 g/mol. The van der Waals surface area contributed by atoms with E-state index < -0.39 is 5.97 Å². The summed E-state index contributed by atoms with van der Waals surface area (Å²) in [5.41, 5.74) is 3.11. The zero-order valence-corrected chi connectivity index (χ0v) is 14.2. The number of aromatic nitrogens is 4. The number of carboxylic acids is 1. The molecule has 7 heteroatoms. The molecule has 25 heavy (non-hydrogen) atoms. The fourth-order valence-electron chi connectivity index (χ4n) is 2.66. The molecular formula is C18H18N4O3. The largest absolute Gasteiger partial charge is 0.478 e. The third kappa shape index (κ3) is 3.14. The number of carboxylic acid groups (broad SMARTS) is 1. The fourth-order valence-corrected chi connectivity index (χ4v) is 2.66. The number of hydrogen-bond acceptors (Lipinski definition) is 5. The van der Waals surface area contributed by atoms with E-state index in [-0.39, 0.29) is 11.7 Å². The quantitative estimate of drug-likeness (QED) is 0.769. The van der Waals surface area contributed by atoms with Gasteiger partial charge in [0.15, 0.2) is 5.82 Å². The second-order valence-electron chi connectivity index (χ2n) is 5.67. The molecule has 0 unspecified atom stereocenters. The molecule has 0 aliphatic carbocycles. The standard InChI is InChI=1S/C18H18N4O3/c1-11-15(18(23)24)9-14(13-7-5-4-6-8-13)10-16(11)22-17(12(2)25-3)19-20-21-22/h4-10,12H,1-3H3,(H,23,24)/t12-/m1/s1. The zero-order valence-electron chi connectivity index (χ0n) is 14.2. The van der Waals surface area contributed by atoms with Gasteiger partial charge in [0.1, 0.15) is 6.10 Å². The molecular weight excluding hydrogens is 320 g/mol. The molecule has 0 saturated heterocycles. The van der Waals surface area contributed by atoms with Crippen molar-refractivity contribution in [1.82, 2.24) is 20.2 Å². The van der Waals surface area contributed by atoms with Crippen molar-refractivity contribution in [2.45, 2.75) is 20.0 Å². The summed E-state index contributed by atoms with van der Waals surface area (Å²) in [6, 6.07) is 13.1. The van der Waals surface area contributed by atoms with Gasteiger partial charge in [-0.05, 0) is 53.1 Å². The smallest absolute Gasteiger partial charge is 0.336 e. The summed E-state index contributed by atoms with van der Waals surface area (Å²) in [4.78, 5) is 11.7. The number of rotatable bonds is 5. The Bertz CT molecular complexity index is 906. The molecule has 0 aliphatic heterocycles. The summed E-state index contributed by atoms with van der Waals surface area (Å²) in [5, 5.41) is 21.4. The molecule has 7 nitrogen and oxygen atoms in total. The Morgan fingerprint density at radius 3 is 2.56 bits per heavy atom. The summed E-state index contributed by atoms with van der Waals surface area (Å²) in [5.74, 6) is -0.488. The Balaban J connectivity index is 2.25. The summed E-state index contributed by atoms with van der Waals surface area (Å²) in [7, 11) is 1.57. The maximum Gasteiger partial charge on any atom is 0.336 e. The van der Waals surface area contributed by atoms with E-state index in [2.05, 4.69) is 15.5 Å². The predicted molar refractivity (Wildman–Crippen MR) is 91.7 cm³/mol. The van der Waals surface area contributed by atoms with Crippen LogP contribution in [0.5, 0.6) is 0 Å². The molecule has 1 heterocycles. The molecule has 0 amide bonds. The lowest BCUT2D eigenvalue weighted by molar-refractivity contribution is 0.0696. The van der Waals surface area contributed by atoms with Crippen molar-refractivity contribution in [3.05, 3.63) is 59.4 Å². The first-order valence-corrected chi connectivity index (χ1v) is 7.77. The van der Waals surface area contributed by atoms with Gasteiger partial charge in [-0.25, -0.2) is 4.79 Å². The third-order valence-corrected chi connectivity index (χ3v) is 4.16. The van der Waals surface area contributed by atoms with E-state index in [9.17, 15) is 9.90 Å². The highest BCUT2D eigenvalue weighted by atomic mass is 16.5. The highest BCUT2D eigenvalue weighted by molar-refractivity contribution is 5.92. The van der Waals surface area contributed by atoms with Crippen molar-refractivity contribution in [2.75, 3.05) is 7.11 Å². The molecule has 1 aromatic heterocycles. The molecule has 1 N–H and O–H groups in total. The number of methoxy groups -OCH3 is 1. The minimum atomic E-state index is -0.994. The zero-order chi connectivity index (χ0) is 18.0. The molecule has 0 radical (unpaired) electrons. The van der Waals surface area contributed by atoms with Crippen LogP contribution in [0.3, 0.4) is 0 Å². The molecule has 3 aromatic rings. The number of carbonyl (C=O) groups is 1. The van der Waals surface area contributed by atoms with Crippen molar-refractivity contribution < 1.29 is 14.6 Å². The van der Waals surface area contributed by atoms with Crippen molar-refractivity contribution in [2.24, 2.45) is 0 Å². The van der Waals surface area contributed by atoms with Crippen LogP contribution in [0.25, 0.3) is 16.8 Å². The minimum Gasteiger partial charge on any atom is -0.478 e. The van der Waals surface area contributed by atoms with Gasteiger partial charge in [-0.2, -0.15) is 4.68 Å². The second kappa shape index (κ2) is 6.82. The van der Waals surface area contributed by atoms with E-state index in [0.717, 1.165) is 11.1 Å². The van der Waals surface area contributed by atoms with Crippen LogP contribution in [0.1, 0.15) is 34.8 Å². The number of benzene rings is 2. The average Bonchev–Trinajstić information content (AvgIpc) is 3.11. The van der Waals surface area contributed by atoms with Gasteiger partial charge in [-0.1, -0.05) is 30.3 Å². The van der Waals surface area contributed by atoms with Gasteiger partial charge in [-0.15, -0.1) is 5.10 Å². The van der Waals surface area contributed by atoms with E-state index in [0.29, 0.717) is 17.1 Å². The summed E-state index contributed by atoms with van der Waals surface area (Å²) < 4.78 is 6.84. The van der Waals surface area contributed by atoms with Crippen LogP contribution in [0.15, 0.2) is 42.5 Å². The van der Waals surface area contributed by atoms with E-state index in [1.54, 1.807) is 20.1 Å². The molecule has 0 aliphatic rings. The lowest BCUT2D eigenvalue weighted by atomic mass is 9.98. The van der Waals surface area contributed by atoms with Crippen LogP contribution in [0, 0.1) is 6.92 Å². The molecule has 3 rings (SSSR count). The van der Waals surface area contributed by atoms with Crippen LogP contribution in [0.2, 0.25) is 0 Å². The molecule has 0 saturated carbocycles. The summed E-state index contributed by atoms with van der Waals surface area (Å²) in [6.45, 7) is 3.58. The molecule has 2 aromatic carbocycles. The second-order valence-corrected chi connectivity index (χ2v) is 5.67. The Morgan fingerprint density at radius 1 is 1.20 bits per heavy atom. The lowest BCUT2D eigenvalue weighted by Gasteiger charge is -2.15. The Labute approximate surface area is 144 Å². The topological polar surface area (TPSA) is 90.1 Å². The summed E-state index contributed by atoms with van der Waals surface area (Å²) >= 11 is 0. The maximum absolute atomic E-state index is 11.7. The Kier molecular flexibility index (Phi) is 4.58. The fraction of sp³-hybridized carbons (Fsp3) is 0.222. The van der Waals surface area contributed by atoms with Gasteiger partial charge in [0.25, 0.3) is 0 Å². The average molecular weight is 338 g/mol. The van der Waals surface area contributed by atoms with E-state index in [4.69, 9.17) is 4.74 Å². The highest BCUT2D eigenvalue weighted by Gasteiger charge is 2.20. The van der Waals surface area contributed by atoms with Gasteiger partial charge in [0.2, 0.25) is 0 Å². The first-order valence-electron chi connectivity index (χ1n) is 7.77. The highest BCUT2D eigenvalue weighted by Crippen LogP contribution is 2.29. The third-order valence-electron chi connectivity index (χ3n) is 4.16. The number of aromatic carboxylic acids is 1. The lowest BCUT2D eigenvalue weighted by Crippen LogP contribution is -2.12. The molecule has 0 fully saturated rings. The van der Waals surface area contributed by atoms with E-state index in [1.807, 2.05) is 43.3 Å². The number of nitrogens with zero attached hydrogens (tertiary/aromatic N) is 4. The molecule has 0 bridgehead atoms. The van der Waals surface area contributed by atoms with Gasteiger partial charge in [0, 0.05) is 7.11 Å². The number of ether oxygens (including phenoxy) is 1. The normalized spacial score (nSPS) is 12.1. The minimum absolute atomic E-state index is 0.211. The number of hydrogen-bond donors (Lipinski definition) is 1. The summed E-state index contributed by atoms with van der Waals surface area (Å²) in [6.07, 6.45) is -0.331. The van der Waals surface area contributed by atoms with E-state index >= 15 is 0 Å². The first-order chi connectivity index (χ1) is 12.0. The van der Waals surface area contributed by atoms with Crippen LogP contribution in [0.4, 0.5) is 0 Å². The maximum atomic E-state index is 11.7. The van der Waals surface area contributed by atoms with Crippen LogP contribution < -0.4 is 0 Å². The van der Waals surface area contributed by atoms with Gasteiger partial charge >= 0.3 is 5.97 Å². The van der Waals surface area contributed by atoms with Crippen molar-refractivity contribution >= 4 is 5.97 Å². The SMILES string of the molecule is CO[C@H](C)c1nnnn1-c1cc(-c2ccccc2)cc(C(=O)O)c1C. The van der Waals surface area contributed by atoms with Crippen molar-refractivity contribution in [3.8, 4) is 16.8 Å². The number of tetrazole rings is 1.